The first-order valence-corrected chi connectivity index (χ1v) is 7.96. The van der Waals surface area contributed by atoms with E-state index >= 15 is 0 Å². The Balaban J connectivity index is 2.08. The highest BCUT2D eigenvalue weighted by Crippen LogP contribution is 2.21. The molecular weight excluding hydrogens is 340 g/mol. The largest absolute Gasteiger partial charge is 0.377 e. The fourth-order valence-electron chi connectivity index (χ4n) is 1.68. The van der Waals surface area contributed by atoms with Gasteiger partial charge in [0.2, 0.25) is 0 Å². The lowest BCUT2D eigenvalue weighted by Gasteiger charge is -2.09. The third kappa shape index (κ3) is 4.43. The molecule has 0 saturated carbocycles. The van der Waals surface area contributed by atoms with Crippen LogP contribution >= 0.6 is 27.3 Å². The second kappa shape index (κ2) is 7.56. The maximum Gasteiger partial charge on any atom is 0.158 e. The van der Waals surface area contributed by atoms with Gasteiger partial charge in [0, 0.05) is 34.5 Å². The van der Waals surface area contributed by atoms with Gasteiger partial charge in [0.25, 0.3) is 0 Å². The summed E-state index contributed by atoms with van der Waals surface area (Å²) in [7, 11) is 1.64. The molecule has 0 aliphatic heterocycles. The third-order valence-corrected chi connectivity index (χ3v) is 4.17. The number of thiophene rings is 1. The topological polar surface area (TPSA) is 59.1 Å². The lowest BCUT2D eigenvalue weighted by atomic mass is 10.4. The van der Waals surface area contributed by atoms with Gasteiger partial charge in [-0.2, -0.15) is 0 Å². The van der Waals surface area contributed by atoms with Crippen molar-refractivity contribution in [1.29, 1.82) is 0 Å². The number of rotatable bonds is 7. The molecule has 2 heterocycles. The Bertz CT molecular complexity index is 537. The molecule has 0 bridgehead atoms. The van der Waals surface area contributed by atoms with E-state index in [1.165, 1.54) is 4.88 Å². The Kier molecular flexibility index (Phi) is 5.75. The standard InChI is InChI=1S/C13H17BrN4OS/c1-3-15-11-5-12(18-13(17-11)7-19-2)16-6-10-4-9(14)8-20-10/h4-5,8H,3,6-7H2,1-2H3,(H2,15,16,17,18). The minimum absolute atomic E-state index is 0.401. The van der Waals surface area contributed by atoms with Crippen LogP contribution < -0.4 is 10.6 Å². The molecule has 2 N–H and O–H groups in total. The molecule has 0 atom stereocenters. The maximum atomic E-state index is 5.10. The van der Waals surface area contributed by atoms with E-state index in [0.29, 0.717) is 12.4 Å². The molecule has 2 rings (SSSR count). The molecule has 0 saturated heterocycles. The number of nitrogens with zero attached hydrogens (tertiary/aromatic N) is 2. The number of methoxy groups -OCH3 is 1. The zero-order valence-electron chi connectivity index (χ0n) is 11.4. The van der Waals surface area contributed by atoms with Gasteiger partial charge in [0.05, 0.1) is 6.54 Å². The zero-order valence-corrected chi connectivity index (χ0v) is 13.8. The van der Waals surface area contributed by atoms with Crippen LogP contribution in [0.1, 0.15) is 17.6 Å². The molecular formula is C13H17BrN4OS. The van der Waals surface area contributed by atoms with Crippen LogP contribution in [0, 0.1) is 0 Å². The SMILES string of the molecule is CCNc1cc(NCc2cc(Br)cs2)nc(COC)n1. The van der Waals surface area contributed by atoms with Crippen molar-refractivity contribution < 1.29 is 4.74 Å². The van der Waals surface area contributed by atoms with Crippen LogP contribution in [0.2, 0.25) is 0 Å². The minimum atomic E-state index is 0.401. The van der Waals surface area contributed by atoms with Crippen molar-refractivity contribution in [3.8, 4) is 0 Å². The molecule has 0 spiro atoms. The highest BCUT2D eigenvalue weighted by molar-refractivity contribution is 9.10. The van der Waals surface area contributed by atoms with Crippen molar-refractivity contribution in [2.24, 2.45) is 0 Å². The van der Waals surface area contributed by atoms with Crippen LogP contribution in [0.4, 0.5) is 11.6 Å². The van der Waals surface area contributed by atoms with Gasteiger partial charge in [0.1, 0.15) is 18.2 Å². The van der Waals surface area contributed by atoms with Crippen LogP contribution in [-0.2, 0) is 17.9 Å². The predicted molar refractivity (Wildman–Crippen MR) is 86.3 cm³/mol. The summed E-state index contributed by atoms with van der Waals surface area (Å²) in [5, 5.41) is 8.58. The summed E-state index contributed by atoms with van der Waals surface area (Å²) in [6.45, 7) is 4.00. The van der Waals surface area contributed by atoms with Crippen molar-refractivity contribution in [3.05, 3.63) is 32.7 Å². The van der Waals surface area contributed by atoms with Crippen LogP contribution in [0.15, 0.2) is 22.0 Å². The molecule has 0 unspecified atom stereocenters. The second-order valence-electron chi connectivity index (χ2n) is 4.10. The normalized spacial score (nSPS) is 10.6. The molecule has 7 heteroatoms. The van der Waals surface area contributed by atoms with E-state index in [4.69, 9.17) is 4.74 Å². The summed E-state index contributed by atoms with van der Waals surface area (Å²) in [5.41, 5.74) is 0. The van der Waals surface area contributed by atoms with Gasteiger partial charge in [-0.3, -0.25) is 0 Å². The number of halogens is 1. The maximum absolute atomic E-state index is 5.10. The van der Waals surface area contributed by atoms with E-state index in [1.54, 1.807) is 18.4 Å². The Morgan fingerprint density at radius 1 is 1.25 bits per heavy atom. The Morgan fingerprint density at radius 3 is 2.60 bits per heavy atom. The number of hydrogen-bond acceptors (Lipinski definition) is 6. The van der Waals surface area contributed by atoms with Crippen LogP contribution in [0.5, 0.6) is 0 Å². The summed E-state index contributed by atoms with van der Waals surface area (Å²) in [5.74, 6) is 2.28. The first kappa shape index (κ1) is 15.2. The van der Waals surface area contributed by atoms with Gasteiger partial charge in [-0.05, 0) is 28.9 Å². The number of aromatic nitrogens is 2. The monoisotopic (exact) mass is 356 g/mol. The Morgan fingerprint density at radius 2 is 2.00 bits per heavy atom. The van der Waals surface area contributed by atoms with E-state index in [9.17, 15) is 0 Å². The average Bonchev–Trinajstić information content (AvgIpc) is 2.83. The highest BCUT2D eigenvalue weighted by Gasteiger charge is 2.05. The van der Waals surface area contributed by atoms with Crippen molar-refractivity contribution >= 4 is 38.9 Å². The van der Waals surface area contributed by atoms with E-state index in [1.807, 2.05) is 13.0 Å². The van der Waals surface area contributed by atoms with E-state index < -0.39 is 0 Å². The number of ether oxygens (including phenoxy) is 1. The Hall–Kier alpha value is -1.18. The van der Waals surface area contributed by atoms with Crippen molar-refractivity contribution in [2.75, 3.05) is 24.3 Å². The van der Waals surface area contributed by atoms with Gasteiger partial charge >= 0.3 is 0 Å². The highest BCUT2D eigenvalue weighted by atomic mass is 79.9. The first-order valence-electron chi connectivity index (χ1n) is 6.28. The van der Waals surface area contributed by atoms with Crippen molar-refractivity contribution in [2.45, 2.75) is 20.1 Å². The summed E-state index contributed by atoms with van der Waals surface area (Å²) in [6.07, 6.45) is 0. The summed E-state index contributed by atoms with van der Waals surface area (Å²) in [6, 6.07) is 4.01. The van der Waals surface area contributed by atoms with Crippen LogP contribution in [-0.4, -0.2) is 23.6 Å². The Labute approximate surface area is 130 Å². The van der Waals surface area contributed by atoms with Gasteiger partial charge < -0.3 is 15.4 Å². The minimum Gasteiger partial charge on any atom is -0.377 e. The van der Waals surface area contributed by atoms with Crippen molar-refractivity contribution in [3.63, 3.8) is 0 Å². The number of nitrogens with one attached hydrogen (secondary N) is 2. The van der Waals surface area contributed by atoms with Crippen molar-refractivity contribution in [1.82, 2.24) is 9.97 Å². The van der Waals surface area contributed by atoms with Gasteiger partial charge in [-0.25, -0.2) is 9.97 Å². The number of anilines is 2. The predicted octanol–water partition coefficient (Wildman–Crippen LogP) is 3.49. The molecule has 0 aromatic carbocycles. The fourth-order valence-corrected chi connectivity index (χ4v) is 3.07. The van der Waals surface area contributed by atoms with E-state index in [2.05, 4.69) is 48.0 Å². The number of hydrogen-bond donors (Lipinski definition) is 2. The molecule has 0 aliphatic carbocycles. The smallest absolute Gasteiger partial charge is 0.158 e. The lowest BCUT2D eigenvalue weighted by Crippen LogP contribution is -2.08. The quantitative estimate of drug-likeness (QED) is 0.794. The first-order chi connectivity index (χ1) is 9.71. The summed E-state index contributed by atoms with van der Waals surface area (Å²) >= 11 is 5.16. The molecule has 2 aromatic heterocycles. The molecule has 0 amide bonds. The van der Waals surface area contributed by atoms with Crippen LogP contribution in [0.3, 0.4) is 0 Å². The fraction of sp³-hybridized carbons (Fsp3) is 0.385. The second-order valence-corrected chi connectivity index (χ2v) is 6.01. The summed E-state index contributed by atoms with van der Waals surface area (Å²) in [4.78, 5) is 10.1. The van der Waals surface area contributed by atoms with E-state index in [-0.39, 0.29) is 0 Å². The molecule has 2 aromatic rings. The molecule has 0 aliphatic rings. The summed E-state index contributed by atoms with van der Waals surface area (Å²) < 4.78 is 6.20. The average molecular weight is 357 g/mol. The zero-order chi connectivity index (χ0) is 14.4. The molecule has 5 nitrogen and oxygen atoms in total. The van der Waals surface area contributed by atoms with Gasteiger partial charge in [-0.1, -0.05) is 0 Å². The molecule has 0 radical (unpaired) electrons. The third-order valence-electron chi connectivity index (χ3n) is 2.47. The van der Waals surface area contributed by atoms with Crippen LogP contribution in [0.25, 0.3) is 0 Å². The molecule has 108 valence electrons. The van der Waals surface area contributed by atoms with E-state index in [0.717, 1.165) is 29.2 Å². The van der Waals surface area contributed by atoms with Gasteiger partial charge in [0.15, 0.2) is 5.82 Å². The van der Waals surface area contributed by atoms with Gasteiger partial charge in [-0.15, -0.1) is 11.3 Å². The molecule has 20 heavy (non-hydrogen) atoms. The molecule has 0 fully saturated rings. The lowest BCUT2D eigenvalue weighted by molar-refractivity contribution is 0.178.